The maximum Gasteiger partial charge on any atom is 0.416 e. The van der Waals surface area contributed by atoms with Gasteiger partial charge in [0.15, 0.2) is 5.11 Å². The van der Waals surface area contributed by atoms with Crippen molar-refractivity contribution in [1.82, 2.24) is 5.32 Å². The fourth-order valence-electron chi connectivity index (χ4n) is 2.46. The van der Waals surface area contributed by atoms with Crippen LogP contribution in [0.25, 0.3) is 0 Å². The number of nitrogens with zero attached hydrogens (tertiary/aromatic N) is 1. The smallest absolute Gasteiger partial charge is 0.378 e. The van der Waals surface area contributed by atoms with Crippen molar-refractivity contribution < 1.29 is 22.7 Å². The van der Waals surface area contributed by atoms with Crippen molar-refractivity contribution in [3.63, 3.8) is 0 Å². The fourth-order valence-corrected chi connectivity index (χ4v) is 2.69. The minimum absolute atomic E-state index is 0.0210. The number of hydrogen-bond acceptors (Lipinski definition) is 4. The van der Waals surface area contributed by atoms with Gasteiger partial charge in [-0.15, -0.1) is 0 Å². The number of alkyl halides is 3. The van der Waals surface area contributed by atoms with E-state index in [1.165, 1.54) is 6.07 Å². The summed E-state index contributed by atoms with van der Waals surface area (Å²) < 4.78 is 44.4. The molecule has 1 aliphatic heterocycles. The molecule has 2 N–H and O–H groups in total. The highest BCUT2D eigenvalue weighted by molar-refractivity contribution is 7.80. The number of hydrogen-bond donors (Lipinski definition) is 2. The van der Waals surface area contributed by atoms with Crippen molar-refractivity contribution in [2.24, 2.45) is 0 Å². The molecule has 138 valence electrons. The highest BCUT2D eigenvalue weighted by atomic mass is 32.1. The first-order valence-electron chi connectivity index (χ1n) is 7.96. The Labute approximate surface area is 149 Å². The molecule has 1 aromatic rings. The SMILES string of the molecule is CCCC(=O)NC(=S)Nc1cc(C(F)(F)F)ccc1N1CCOCC1. The molecular weight excluding hydrogens is 355 g/mol. The van der Waals surface area contributed by atoms with E-state index in [2.05, 4.69) is 10.6 Å². The summed E-state index contributed by atoms with van der Waals surface area (Å²) in [5.74, 6) is -0.278. The Bertz CT molecular complexity index is 632. The zero-order chi connectivity index (χ0) is 18.4. The Morgan fingerprint density at radius 1 is 1.32 bits per heavy atom. The number of carbonyl (C=O) groups is 1. The van der Waals surface area contributed by atoms with Crippen molar-refractivity contribution in [2.45, 2.75) is 25.9 Å². The largest absolute Gasteiger partial charge is 0.416 e. The molecule has 1 aliphatic rings. The van der Waals surface area contributed by atoms with Crippen LogP contribution >= 0.6 is 12.2 Å². The predicted molar refractivity (Wildman–Crippen MR) is 93.7 cm³/mol. The number of ether oxygens (including phenoxy) is 1. The first-order chi connectivity index (χ1) is 11.8. The Kier molecular flexibility index (Phi) is 6.60. The van der Waals surface area contributed by atoms with Gasteiger partial charge in [0.25, 0.3) is 0 Å². The first kappa shape index (κ1) is 19.5. The molecule has 0 saturated carbocycles. The summed E-state index contributed by atoms with van der Waals surface area (Å²) in [6.45, 7) is 3.97. The van der Waals surface area contributed by atoms with Crippen LogP contribution in [-0.2, 0) is 15.7 Å². The summed E-state index contributed by atoms with van der Waals surface area (Å²) in [5, 5.41) is 5.18. The minimum Gasteiger partial charge on any atom is -0.378 e. The third-order valence-electron chi connectivity index (χ3n) is 3.65. The van der Waals surface area contributed by atoms with Crippen LogP contribution in [0.3, 0.4) is 0 Å². The van der Waals surface area contributed by atoms with Crippen molar-refractivity contribution in [3.8, 4) is 0 Å². The van der Waals surface area contributed by atoms with Crippen molar-refractivity contribution in [3.05, 3.63) is 23.8 Å². The van der Waals surface area contributed by atoms with Crippen LogP contribution in [-0.4, -0.2) is 37.3 Å². The van der Waals surface area contributed by atoms with Crippen LogP contribution in [0.15, 0.2) is 18.2 Å². The monoisotopic (exact) mass is 375 g/mol. The molecule has 2 rings (SSSR count). The van der Waals surface area contributed by atoms with E-state index in [1.807, 2.05) is 11.8 Å². The number of amides is 1. The molecule has 1 heterocycles. The molecule has 1 saturated heterocycles. The van der Waals surface area contributed by atoms with E-state index in [4.69, 9.17) is 17.0 Å². The highest BCUT2D eigenvalue weighted by Gasteiger charge is 2.31. The Balaban J connectivity index is 2.24. The maximum absolute atomic E-state index is 13.0. The lowest BCUT2D eigenvalue weighted by atomic mass is 10.1. The second-order valence-electron chi connectivity index (χ2n) is 5.58. The Morgan fingerprint density at radius 2 is 2.00 bits per heavy atom. The van der Waals surface area contributed by atoms with Gasteiger partial charge < -0.3 is 20.3 Å². The third kappa shape index (κ3) is 5.57. The first-order valence-corrected chi connectivity index (χ1v) is 8.37. The number of rotatable bonds is 4. The van der Waals surface area contributed by atoms with Crippen molar-refractivity contribution >= 4 is 34.6 Å². The van der Waals surface area contributed by atoms with E-state index < -0.39 is 11.7 Å². The van der Waals surface area contributed by atoms with Gasteiger partial charge in [-0.25, -0.2) is 0 Å². The lowest BCUT2D eigenvalue weighted by Crippen LogP contribution is -2.38. The molecule has 0 radical (unpaired) electrons. The number of thiocarbonyl (C=S) groups is 1. The van der Waals surface area contributed by atoms with Gasteiger partial charge >= 0.3 is 6.18 Å². The van der Waals surface area contributed by atoms with Crippen LogP contribution in [0.4, 0.5) is 24.5 Å². The van der Waals surface area contributed by atoms with Crippen LogP contribution in [0, 0.1) is 0 Å². The van der Waals surface area contributed by atoms with Crippen LogP contribution in [0.1, 0.15) is 25.3 Å². The summed E-state index contributed by atoms with van der Waals surface area (Å²) in [4.78, 5) is 13.5. The summed E-state index contributed by atoms with van der Waals surface area (Å²) in [5.41, 5.74) is 0.0107. The van der Waals surface area contributed by atoms with E-state index in [9.17, 15) is 18.0 Å². The zero-order valence-electron chi connectivity index (χ0n) is 13.8. The minimum atomic E-state index is -4.47. The second-order valence-corrected chi connectivity index (χ2v) is 5.99. The topological polar surface area (TPSA) is 53.6 Å². The molecule has 1 fully saturated rings. The lowest BCUT2D eigenvalue weighted by molar-refractivity contribution is -0.137. The van der Waals surface area contributed by atoms with Crippen LogP contribution < -0.4 is 15.5 Å². The molecule has 0 spiro atoms. The fraction of sp³-hybridized carbons (Fsp3) is 0.500. The number of anilines is 2. The standard InChI is InChI=1S/C16H20F3N3O2S/c1-2-3-14(23)21-15(25)20-12-10-11(16(17,18)19)4-5-13(12)22-6-8-24-9-7-22/h4-5,10H,2-3,6-9H2,1H3,(H2,20,21,23,25). The normalized spacial score (nSPS) is 15.0. The molecule has 0 aliphatic carbocycles. The number of nitrogens with one attached hydrogen (secondary N) is 2. The van der Waals surface area contributed by atoms with Gasteiger partial charge in [0.05, 0.1) is 30.2 Å². The highest BCUT2D eigenvalue weighted by Crippen LogP contribution is 2.35. The summed E-state index contributed by atoms with van der Waals surface area (Å²) in [6, 6.07) is 3.45. The third-order valence-corrected chi connectivity index (χ3v) is 3.86. The van der Waals surface area contributed by atoms with E-state index >= 15 is 0 Å². The number of halogens is 3. The van der Waals surface area contributed by atoms with Gasteiger partial charge in [0.1, 0.15) is 0 Å². The van der Waals surface area contributed by atoms with Gasteiger partial charge in [-0.2, -0.15) is 13.2 Å². The summed E-state index contributed by atoms with van der Waals surface area (Å²) >= 11 is 5.06. The molecular formula is C16H20F3N3O2S. The van der Waals surface area contributed by atoms with Gasteiger partial charge in [0, 0.05) is 19.5 Å². The van der Waals surface area contributed by atoms with Gasteiger partial charge in [0.2, 0.25) is 5.91 Å². The van der Waals surface area contributed by atoms with Crippen LogP contribution in [0.2, 0.25) is 0 Å². The molecule has 0 unspecified atom stereocenters. The number of benzene rings is 1. The van der Waals surface area contributed by atoms with E-state index in [-0.39, 0.29) is 16.7 Å². The second kappa shape index (κ2) is 8.48. The summed E-state index contributed by atoms with van der Waals surface area (Å²) in [6.07, 6.45) is -3.52. The Morgan fingerprint density at radius 3 is 2.60 bits per heavy atom. The zero-order valence-corrected chi connectivity index (χ0v) is 14.6. The van der Waals surface area contributed by atoms with Gasteiger partial charge in [-0.3, -0.25) is 4.79 Å². The molecule has 0 bridgehead atoms. The average molecular weight is 375 g/mol. The molecule has 5 nitrogen and oxygen atoms in total. The van der Waals surface area contributed by atoms with E-state index in [1.54, 1.807) is 0 Å². The van der Waals surface area contributed by atoms with Gasteiger partial charge in [-0.05, 0) is 36.8 Å². The maximum atomic E-state index is 13.0. The predicted octanol–water partition coefficient (Wildman–Crippen LogP) is 3.16. The van der Waals surface area contributed by atoms with Crippen LogP contribution in [0.5, 0.6) is 0 Å². The van der Waals surface area contributed by atoms with E-state index in [0.717, 1.165) is 12.1 Å². The van der Waals surface area contributed by atoms with Gasteiger partial charge in [-0.1, -0.05) is 6.92 Å². The molecule has 0 atom stereocenters. The van der Waals surface area contributed by atoms with Crippen molar-refractivity contribution in [2.75, 3.05) is 36.5 Å². The number of carbonyl (C=O) groups excluding carboxylic acids is 1. The number of morpholine rings is 1. The molecule has 0 aromatic heterocycles. The van der Waals surface area contributed by atoms with Crippen molar-refractivity contribution in [1.29, 1.82) is 0 Å². The molecule has 25 heavy (non-hydrogen) atoms. The Hall–Kier alpha value is -1.87. The quantitative estimate of drug-likeness (QED) is 0.792. The molecule has 9 heteroatoms. The van der Waals surface area contributed by atoms with E-state index in [0.29, 0.717) is 44.8 Å². The molecule has 1 amide bonds. The lowest BCUT2D eigenvalue weighted by Gasteiger charge is -2.31. The molecule has 1 aromatic carbocycles. The summed E-state index contributed by atoms with van der Waals surface area (Å²) in [7, 11) is 0. The average Bonchev–Trinajstić information content (AvgIpc) is 2.54.